The second-order valence-electron chi connectivity index (χ2n) is 7.82. The molecular weight excluding hydrogens is 528 g/mol. The van der Waals surface area contributed by atoms with Gasteiger partial charge < -0.3 is 10.6 Å². The monoisotopic (exact) mass is 545 g/mol. The molecule has 2 aromatic carbocycles. The number of aromatic nitrogens is 1. The van der Waals surface area contributed by atoms with E-state index >= 15 is 8.78 Å². The van der Waals surface area contributed by atoms with Crippen LogP contribution in [-0.2, 0) is 0 Å². The number of hydrogen-bond acceptors (Lipinski definition) is 4. The van der Waals surface area contributed by atoms with Gasteiger partial charge in [-0.3, -0.25) is 9.80 Å². The van der Waals surface area contributed by atoms with Gasteiger partial charge in [-0.05, 0) is 37.4 Å². The Bertz CT molecular complexity index is 1300. The SMILES string of the molecule is CNCCNc1cc(F)c(N2C(=O)N(CC(F)(F)F)c3ncc(Cl)cc3-c3ccc(Cl)cc32)c(F)c1. The van der Waals surface area contributed by atoms with Gasteiger partial charge in [0, 0.05) is 41.1 Å². The van der Waals surface area contributed by atoms with E-state index in [2.05, 4.69) is 15.6 Å². The molecule has 1 aromatic heterocycles. The van der Waals surface area contributed by atoms with Crippen LogP contribution < -0.4 is 20.4 Å². The fourth-order valence-corrected chi connectivity index (χ4v) is 4.15. The van der Waals surface area contributed by atoms with Gasteiger partial charge in [-0.1, -0.05) is 29.3 Å². The molecule has 4 rings (SSSR count). The lowest BCUT2D eigenvalue weighted by atomic mass is 10.0. The maximum absolute atomic E-state index is 15.4. The number of benzene rings is 2. The molecule has 2 amide bonds. The third kappa shape index (κ3) is 5.18. The van der Waals surface area contributed by atoms with Crippen molar-refractivity contribution in [3.8, 4) is 11.1 Å². The maximum atomic E-state index is 15.4. The summed E-state index contributed by atoms with van der Waals surface area (Å²) in [6.45, 7) is -0.919. The third-order valence-electron chi connectivity index (χ3n) is 5.28. The van der Waals surface area contributed by atoms with Crippen molar-refractivity contribution >= 4 is 52.1 Å². The zero-order valence-corrected chi connectivity index (χ0v) is 20.1. The van der Waals surface area contributed by atoms with Gasteiger partial charge in [-0.15, -0.1) is 0 Å². The molecule has 0 fully saturated rings. The lowest BCUT2D eigenvalue weighted by Gasteiger charge is -2.29. The average molecular weight is 546 g/mol. The number of anilines is 4. The number of halogens is 7. The lowest BCUT2D eigenvalue weighted by Crippen LogP contribution is -2.46. The van der Waals surface area contributed by atoms with E-state index < -0.39 is 36.1 Å². The quantitative estimate of drug-likeness (QED) is 0.270. The Labute approximate surface area is 212 Å². The number of amides is 2. The molecule has 2 N–H and O–H groups in total. The van der Waals surface area contributed by atoms with Crippen LogP contribution in [-0.4, -0.2) is 43.9 Å². The molecule has 13 heteroatoms. The molecule has 0 spiro atoms. The van der Waals surface area contributed by atoms with Gasteiger partial charge in [0.2, 0.25) is 0 Å². The zero-order valence-electron chi connectivity index (χ0n) is 18.6. The minimum absolute atomic E-state index is 0.0560. The average Bonchev–Trinajstić information content (AvgIpc) is 2.87. The topological polar surface area (TPSA) is 60.5 Å². The molecule has 3 aromatic rings. The van der Waals surface area contributed by atoms with Crippen LogP contribution in [0.1, 0.15) is 0 Å². The molecule has 36 heavy (non-hydrogen) atoms. The number of carbonyl (C=O) groups excluding carboxylic acids is 1. The van der Waals surface area contributed by atoms with Crippen molar-refractivity contribution in [2.24, 2.45) is 0 Å². The van der Waals surface area contributed by atoms with E-state index in [-0.39, 0.29) is 38.4 Å². The van der Waals surface area contributed by atoms with Crippen molar-refractivity contribution in [1.29, 1.82) is 0 Å². The lowest BCUT2D eigenvalue weighted by molar-refractivity contribution is -0.118. The van der Waals surface area contributed by atoms with Crippen molar-refractivity contribution in [1.82, 2.24) is 10.3 Å². The molecule has 0 aliphatic carbocycles. The molecular formula is C23H18Cl2F5N5O. The van der Waals surface area contributed by atoms with Crippen molar-refractivity contribution in [3.05, 3.63) is 64.3 Å². The number of alkyl halides is 3. The molecule has 1 aliphatic rings. The third-order valence-corrected chi connectivity index (χ3v) is 5.73. The molecule has 0 atom stereocenters. The first-order chi connectivity index (χ1) is 17.0. The Kier molecular flexibility index (Phi) is 7.26. The van der Waals surface area contributed by atoms with Gasteiger partial charge in [0.25, 0.3) is 0 Å². The number of likely N-dealkylation sites (N-methyl/N-ethyl adjacent to an activating group) is 1. The summed E-state index contributed by atoms with van der Waals surface area (Å²) < 4.78 is 71.4. The first kappa shape index (κ1) is 25.9. The second kappa shape index (κ2) is 10.1. The highest BCUT2D eigenvalue weighted by molar-refractivity contribution is 6.32. The first-order valence-corrected chi connectivity index (χ1v) is 11.3. The summed E-state index contributed by atoms with van der Waals surface area (Å²) in [6, 6.07) is 5.91. The van der Waals surface area contributed by atoms with E-state index in [4.69, 9.17) is 23.2 Å². The van der Waals surface area contributed by atoms with Crippen LogP contribution in [0, 0.1) is 11.6 Å². The second-order valence-corrected chi connectivity index (χ2v) is 8.70. The number of carbonyl (C=O) groups is 1. The van der Waals surface area contributed by atoms with E-state index in [0.29, 0.717) is 22.9 Å². The molecule has 0 saturated carbocycles. The van der Waals surface area contributed by atoms with Crippen LogP contribution in [0.15, 0.2) is 42.6 Å². The largest absolute Gasteiger partial charge is 0.406 e. The molecule has 190 valence electrons. The number of rotatable bonds is 6. The summed E-state index contributed by atoms with van der Waals surface area (Å²) in [5, 5.41) is 5.85. The van der Waals surface area contributed by atoms with E-state index in [1.807, 2.05) is 0 Å². The molecule has 2 heterocycles. The fourth-order valence-electron chi connectivity index (χ4n) is 3.83. The number of nitrogens with one attached hydrogen (secondary N) is 2. The first-order valence-electron chi connectivity index (χ1n) is 10.5. The molecule has 1 aliphatic heterocycles. The van der Waals surface area contributed by atoms with Crippen LogP contribution >= 0.6 is 23.2 Å². The van der Waals surface area contributed by atoms with Gasteiger partial charge >= 0.3 is 12.2 Å². The van der Waals surface area contributed by atoms with Gasteiger partial charge in [-0.25, -0.2) is 18.6 Å². The predicted octanol–water partition coefficient (Wildman–Crippen LogP) is 6.61. The Balaban J connectivity index is 1.96. The Hall–Kier alpha value is -3.15. The minimum atomic E-state index is -4.85. The van der Waals surface area contributed by atoms with Crippen molar-refractivity contribution in [2.45, 2.75) is 6.18 Å². The van der Waals surface area contributed by atoms with Crippen molar-refractivity contribution in [2.75, 3.05) is 41.8 Å². The Morgan fingerprint density at radius 3 is 2.31 bits per heavy atom. The van der Waals surface area contributed by atoms with Crippen LogP contribution in [0.5, 0.6) is 0 Å². The summed E-state index contributed by atoms with van der Waals surface area (Å²) in [5.41, 5.74) is -0.718. The van der Waals surface area contributed by atoms with Crippen LogP contribution in [0.2, 0.25) is 10.0 Å². The van der Waals surface area contributed by atoms with Crippen molar-refractivity contribution < 1.29 is 26.7 Å². The Morgan fingerprint density at radius 2 is 1.67 bits per heavy atom. The summed E-state index contributed by atoms with van der Waals surface area (Å²) in [4.78, 5) is 18.4. The number of hydrogen-bond donors (Lipinski definition) is 2. The standard InChI is InChI=1S/C23H18Cl2F5N5O/c1-31-4-5-32-14-8-17(26)20(18(27)9-14)35-19-7-12(24)2-3-15(19)16-6-13(25)10-33-21(16)34(22(35)36)11-23(28,29)30/h2-3,6-10,31-32H,4-5,11H2,1H3. The van der Waals surface area contributed by atoms with E-state index in [9.17, 15) is 18.0 Å². The summed E-state index contributed by atoms with van der Waals surface area (Å²) in [7, 11) is 1.70. The predicted molar refractivity (Wildman–Crippen MR) is 129 cm³/mol. The smallest absolute Gasteiger partial charge is 0.384 e. The van der Waals surface area contributed by atoms with Crippen LogP contribution in [0.25, 0.3) is 11.1 Å². The summed E-state index contributed by atoms with van der Waals surface area (Å²) in [6.07, 6.45) is -3.78. The molecule has 6 nitrogen and oxygen atoms in total. The van der Waals surface area contributed by atoms with E-state index in [1.165, 1.54) is 24.3 Å². The number of urea groups is 1. The van der Waals surface area contributed by atoms with Crippen LogP contribution in [0.4, 0.5) is 49.6 Å². The molecule has 0 unspecified atom stereocenters. The summed E-state index contributed by atoms with van der Waals surface area (Å²) in [5.74, 6) is -2.73. The number of fused-ring (bicyclic) bond motifs is 3. The Morgan fingerprint density at radius 1 is 0.972 bits per heavy atom. The maximum Gasteiger partial charge on any atom is 0.406 e. The van der Waals surface area contributed by atoms with Gasteiger partial charge in [-0.2, -0.15) is 13.2 Å². The minimum Gasteiger partial charge on any atom is -0.384 e. The molecule has 0 saturated heterocycles. The summed E-state index contributed by atoms with van der Waals surface area (Å²) >= 11 is 12.2. The van der Waals surface area contributed by atoms with Gasteiger partial charge in [0.1, 0.15) is 18.1 Å². The highest BCUT2D eigenvalue weighted by Gasteiger charge is 2.42. The van der Waals surface area contributed by atoms with Crippen LogP contribution in [0.3, 0.4) is 0 Å². The fraction of sp³-hybridized carbons (Fsp3) is 0.217. The molecule has 0 bridgehead atoms. The van der Waals surface area contributed by atoms with Crippen molar-refractivity contribution in [3.63, 3.8) is 0 Å². The highest BCUT2D eigenvalue weighted by atomic mass is 35.5. The zero-order chi connectivity index (χ0) is 26.2. The number of pyridine rings is 1. The van der Waals surface area contributed by atoms with Gasteiger partial charge in [0.15, 0.2) is 11.6 Å². The van der Waals surface area contributed by atoms with E-state index in [0.717, 1.165) is 18.3 Å². The normalized spacial score (nSPS) is 13.4. The highest BCUT2D eigenvalue weighted by Crippen LogP contribution is 2.46. The van der Waals surface area contributed by atoms with E-state index in [1.54, 1.807) is 7.05 Å². The number of nitrogens with zero attached hydrogens (tertiary/aromatic N) is 3. The van der Waals surface area contributed by atoms with Gasteiger partial charge in [0.05, 0.1) is 10.7 Å². The molecule has 0 radical (unpaired) electrons.